The molecule has 4 nitrogen and oxygen atoms in total. The number of nitrogens with zero attached hydrogens (tertiary/aromatic N) is 1. The molecule has 120 valence electrons. The summed E-state index contributed by atoms with van der Waals surface area (Å²) in [6.07, 6.45) is 0.997. The highest BCUT2D eigenvalue weighted by Crippen LogP contribution is 2.31. The quantitative estimate of drug-likeness (QED) is 0.748. The molecule has 1 rings (SSSR count). The normalized spacial score (nSPS) is 11.8. The van der Waals surface area contributed by atoms with Crippen LogP contribution in [0, 0.1) is 0 Å². The average molecular weight is 294 g/mol. The molecule has 0 spiro atoms. The Morgan fingerprint density at radius 3 is 2.48 bits per heavy atom. The van der Waals surface area contributed by atoms with Crippen LogP contribution >= 0.6 is 0 Å². The van der Waals surface area contributed by atoms with E-state index in [1.807, 2.05) is 12.1 Å². The minimum Gasteiger partial charge on any atom is -0.493 e. The van der Waals surface area contributed by atoms with E-state index in [0.717, 1.165) is 36.6 Å². The lowest BCUT2D eigenvalue weighted by atomic mass is 10.1. The summed E-state index contributed by atoms with van der Waals surface area (Å²) in [4.78, 5) is 2.16. The molecule has 1 aromatic rings. The molecular formula is C17H30N2O2. The van der Waals surface area contributed by atoms with Gasteiger partial charge in [0.25, 0.3) is 0 Å². The standard InChI is InChI=1S/C17H30N2O2/c1-17(2,3)18-13-14-9-7-10-15(20-6)16(14)21-12-8-11-19(4)5/h7,9-10,18H,8,11-13H2,1-6H3. The molecule has 0 aliphatic rings. The fourth-order valence-corrected chi connectivity index (χ4v) is 1.94. The summed E-state index contributed by atoms with van der Waals surface area (Å²) in [6.45, 7) is 8.95. The first kappa shape index (κ1) is 17.8. The van der Waals surface area contributed by atoms with Crippen LogP contribution in [-0.2, 0) is 6.54 Å². The van der Waals surface area contributed by atoms with Crippen LogP contribution in [0.15, 0.2) is 18.2 Å². The molecule has 0 atom stereocenters. The molecule has 1 aromatic carbocycles. The predicted octanol–water partition coefficient (Wildman–Crippen LogP) is 2.91. The van der Waals surface area contributed by atoms with Crippen molar-refractivity contribution >= 4 is 0 Å². The topological polar surface area (TPSA) is 33.7 Å². The van der Waals surface area contributed by atoms with Crippen LogP contribution in [0.2, 0.25) is 0 Å². The zero-order valence-electron chi connectivity index (χ0n) is 14.3. The number of benzene rings is 1. The minimum atomic E-state index is 0.0747. The van der Waals surface area contributed by atoms with Crippen molar-refractivity contribution in [2.45, 2.75) is 39.3 Å². The van der Waals surface area contributed by atoms with Crippen molar-refractivity contribution in [3.05, 3.63) is 23.8 Å². The van der Waals surface area contributed by atoms with Gasteiger partial charge in [0.05, 0.1) is 13.7 Å². The van der Waals surface area contributed by atoms with Crippen molar-refractivity contribution in [2.24, 2.45) is 0 Å². The zero-order valence-corrected chi connectivity index (χ0v) is 14.3. The van der Waals surface area contributed by atoms with Gasteiger partial charge < -0.3 is 19.7 Å². The molecule has 0 radical (unpaired) electrons. The molecule has 0 fully saturated rings. The fraction of sp³-hybridized carbons (Fsp3) is 0.647. The first-order chi connectivity index (χ1) is 9.83. The lowest BCUT2D eigenvalue weighted by Crippen LogP contribution is -2.35. The van der Waals surface area contributed by atoms with E-state index in [1.165, 1.54) is 0 Å². The van der Waals surface area contributed by atoms with Gasteiger partial charge in [0, 0.05) is 24.2 Å². The van der Waals surface area contributed by atoms with Crippen LogP contribution in [0.4, 0.5) is 0 Å². The maximum atomic E-state index is 5.98. The summed E-state index contributed by atoms with van der Waals surface area (Å²) in [5, 5.41) is 3.49. The monoisotopic (exact) mass is 294 g/mol. The van der Waals surface area contributed by atoms with Crippen LogP contribution < -0.4 is 14.8 Å². The maximum absolute atomic E-state index is 5.98. The smallest absolute Gasteiger partial charge is 0.165 e. The molecule has 21 heavy (non-hydrogen) atoms. The van der Waals surface area contributed by atoms with Gasteiger partial charge in [-0.25, -0.2) is 0 Å². The lowest BCUT2D eigenvalue weighted by molar-refractivity contribution is 0.264. The van der Waals surface area contributed by atoms with Gasteiger partial charge in [0.15, 0.2) is 11.5 Å². The Bertz CT molecular complexity index is 425. The Labute approximate surface area is 129 Å². The van der Waals surface area contributed by atoms with E-state index in [9.17, 15) is 0 Å². The lowest BCUT2D eigenvalue weighted by Gasteiger charge is -2.22. The summed E-state index contributed by atoms with van der Waals surface area (Å²) < 4.78 is 11.4. The number of hydrogen-bond acceptors (Lipinski definition) is 4. The third kappa shape index (κ3) is 6.82. The van der Waals surface area contributed by atoms with E-state index in [0.29, 0.717) is 6.61 Å². The third-order valence-electron chi connectivity index (χ3n) is 3.09. The highest BCUT2D eigenvalue weighted by molar-refractivity contribution is 5.46. The van der Waals surface area contributed by atoms with Crippen LogP contribution in [0.3, 0.4) is 0 Å². The van der Waals surface area contributed by atoms with Gasteiger partial charge in [-0.15, -0.1) is 0 Å². The van der Waals surface area contributed by atoms with E-state index in [4.69, 9.17) is 9.47 Å². The van der Waals surface area contributed by atoms with Crippen molar-refractivity contribution in [2.75, 3.05) is 34.4 Å². The summed E-state index contributed by atoms with van der Waals surface area (Å²) in [7, 11) is 5.83. The second-order valence-corrected chi connectivity index (χ2v) is 6.56. The zero-order chi connectivity index (χ0) is 15.9. The Kier molecular flexibility index (Phi) is 6.99. The Morgan fingerprint density at radius 2 is 1.90 bits per heavy atom. The highest BCUT2D eigenvalue weighted by atomic mass is 16.5. The average Bonchev–Trinajstić information content (AvgIpc) is 2.40. The third-order valence-corrected chi connectivity index (χ3v) is 3.09. The van der Waals surface area contributed by atoms with Crippen molar-refractivity contribution in [3.63, 3.8) is 0 Å². The van der Waals surface area contributed by atoms with Crippen molar-refractivity contribution in [1.29, 1.82) is 0 Å². The number of para-hydroxylation sites is 1. The van der Waals surface area contributed by atoms with Crippen LogP contribution in [0.1, 0.15) is 32.8 Å². The highest BCUT2D eigenvalue weighted by Gasteiger charge is 2.14. The molecule has 0 saturated heterocycles. The Hall–Kier alpha value is -1.26. The SMILES string of the molecule is COc1cccc(CNC(C)(C)C)c1OCCCN(C)C. The van der Waals surface area contributed by atoms with Gasteiger partial charge in [-0.2, -0.15) is 0 Å². The summed E-state index contributed by atoms with van der Waals surface area (Å²) in [5.41, 5.74) is 1.21. The molecule has 0 unspecified atom stereocenters. The van der Waals surface area contributed by atoms with Gasteiger partial charge in [-0.3, -0.25) is 0 Å². The summed E-state index contributed by atoms with van der Waals surface area (Å²) in [6, 6.07) is 6.04. The number of rotatable bonds is 8. The van der Waals surface area contributed by atoms with Gasteiger partial charge in [0.1, 0.15) is 0 Å². The largest absolute Gasteiger partial charge is 0.493 e. The Morgan fingerprint density at radius 1 is 1.19 bits per heavy atom. The molecule has 4 heteroatoms. The molecular weight excluding hydrogens is 264 g/mol. The molecule has 1 N–H and O–H groups in total. The van der Waals surface area contributed by atoms with E-state index in [1.54, 1.807) is 7.11 Å². The Balaban J connectivity index is 2.73. The molecule has 0 aliphatic heterocycles. The first-order valence-corrected chi connectivity index (χ1v) is 7.52. The minimum absolute atomic E-state index is 0.0747. The molecule has 0 heterocycles. The van der Waals surface area contributed by atoms with Crippen LogP contribution in [0.25, 0.3) is 0 Å². The fourth-order valence-electron chi connectivity index (χ4n) is 1.94. The van der Waals surface area contributed by atoms with Gasteiger partial charge in [0.2, 0.25) is 0 Å². The second-order valence-electron chi connectivity index (χ2n) is 6.56. The van der Waals surface area contributed by atoms with Crippen molar-refractivity contribution < 1.29 is 9.47 Å². The predicted molar refractivity (Wildman–Crippen MR) is 88.3 cm³/mol. The van der Waals surface area contributed by atoms with E-state index >= 15 is 0 Å². The maximum Gasteiger partial charge on any atom is 0.165 e. The molecule has 0 saturated carbocycles. The summed E-state index contributed by atoms with van der Waals surface area (Å²) >= 11 is 0. The number of methoxy groups -OCH3 is 1. The molecule has 0 aromatic heterocycles. The van der Waals surface area contributed by atoms with E-state index < -0.39 is 0 Å². The van der Waals surface area contributed by atoms with Gasteiger partial charge in [-0.05, 0) is 47.4 Å². The number of nitrogens with one attached hydrogen (secondary N) is 1. The number of hydrogen-bond donors (Lipinski definition) is 1. The molecule has 0 aliphatic carbocycles. The number of ether oxygens (including phenoxy) is 2. The first-order valence-electron chi connectivity index (χ1n) is 7.52. The van der Waals surface area contributed by atoms with Gasteiger partial charge in [-0.1, -0.05) is 12.1 Å². The van der Waals surface area contributed by atoms with Gasteiger partial charge >= 0.3 is 0 Å². The van der Waals surface area contributed by atoms with Crippen LogP contribution in [-0.4, -0.2) is 44.8 Å². The molecule has 0 bridgehead atoms. The van der Waals surface area contributed by atoms with Crippen molar-refractivity contribution in [1.82, 2.24) is 10.2 Å². The van der Waals surface area contributed by atoms with E-state index in [2.05, 4.69) is 51.1 Å². The molecule has 0 amide bonds. The second kappa shape index (κ2) is 8.25. The van der Waals surface area contributed by atoms with Crippen LogP contribution in [0.5, 0.6) is 11.5 Å². The summed E-state index contributed by atoms with van der Waals surface area (Å²) in [5.74, 6) is 1.66. The van der Waals surface area contributed by atoms with Crippen molar-refractivity contribution in [3.8, 4) is 11.5 Å². The van der Waals surface area contributed by atoms with E-state index in [-0.39, 0.29) is 5.54 Å².